The standard InChI is InChI=1S/C25H21N7O3S/c1-35-18-8-6-17(7-9-18)32-23(16-10-12-27-13-11-16)29-30-25(32)36-15-22-28-20-5-3-2-4-19(20)24(34)31(22)14-21(26)33/h2-13H,14-15H2,1H3,(H2,26,33). The Kier molecular flexibility index (Phi) is 6.46. The van der Waals surface area contributed by atoms with Crippen LogP contribution >= 0.6 is 11.8 Å². The molecular weight excluding hydrogens is 478 g/mol. The minimum Gasteiger partial charge on any atom is -0.497 e. The maximum Gasteiger partial charge on any atom is 0.261 e. The fraction of sp³-hybridized carbons (Fsp3) is 0.120. The summed E-state index contributed by atoms with van der Waals surface area (Å²) in [6.07, 6.45) is 3.38. The zero-order chi connectivity index (χ0) is 25.1. The summed E-state index contributed by atoms with van der Waals surface area (Å²) in [6, 6.07) is 18.3. The summed E-state index contributed by atoms with van der Waals surface area (Å²) in [7, 11) is 1.61. The Hall–Kier alpha value is -4.51. The third kappa shape index (κ3) is 4.56. The number of benzene rings is 2. The molecule has 0 spiro atoms. The molecule has 36 heavy (non-hydrogen) atoms. The van der Waals surface area contributed by atoms with E-state index >= 15 is 0 Å². The Bertz CT molecular complexity index is 1600. The van der Waals surface area contributed by atoms with Gasteiger partial charge < -0.3 is 10.5 Å². The van der Waals surface area contributed by atoms with Crippen molar-refractivity contribution in [2.24, 2.45) is 5.73 Å². The van der Waals surface area contributed by atoms with Crippen molar-refractivity contribution in [1.29, 1.82) is 0 Å². The molecule has 0 fully saturated rings. The molecule has 0 aliphatic carbocycles. The summed E-state index contributed by atoms with van der Waals surface area (Å²) in [5.41, 5.74) is 7.34. The van der Waals surface area contributed by atoms with E-state index in [0.717, 1.165) is 17.0 Å². The second-order valence-electron chi connectivity index (χ2n) is 7.77. The number of para-hydroxylation sites is 1. The smallest absolute Gasteiger partial charge is 0.261 e. The van der Waals surface area contributed by atoms with E-state index in [1.54, 1.807) is 37.7 Å². The number of amides is 1. The summed E-state index contributed by atoms with van der Waals surface area (Å²) in [6.45, 7) is -0.264. The number of hydrogen-bond acceptors (Lipinski definition) is 8. The third-order valence-electron chi connectivity index (χ3n) is 5.49. The fourth-order valence-electron chi connectivity index (χ4n) is 3.79. The Morgan fingerprint density at radius 1 is 1.03 bits per heavy atom. The van der Waals surface area contributed by atoms with E-state index in [1.165, 1.54) is 16.3 Å². The van der Waals surface area contributed by atoms with E-state index in [4.69, 9.17) is 10.5 Å². The summed E-state index contributed by atoms with van der Waals surface area (Å²) in [5, 5.41) is 9.85. The van der Waals surface area contributed by atoms with Crippen LogP contribution in [0.3, 0.4) is 0 Å². The van der Waals surface area contributed by atoms with Crippen molar-refractivity contribution in [2.45, 2.75) is 17.5 Å². The van der Waals surface area contributed by atoms with Crippen LogP contribution in [0.1, 0.15) is 5.82 Å². The molecule has 0 bridgehead atoms. The number of rotatable bonds is 8. The monoisotopic (exact) mass is 499 g/mol. The van der Waals surface area contributed by atoms with E-state index in [0.29, 0.717) is 27.7 Å². The molecule has 5 aromatic rings. The highest BCUT2D eigenvalue weighted by molar-refractivity contribution is 7.98. The first-order valence-electron chi connectivity index (χ1n) is 10.9. The number of methoxy groups -OCH3 is 1. The van der Waals surface area contributed by atoms with Crippen LogP contribution in [-0.4, -0.2) is 42.3 Å². The number of thioether (sulfide) groups is 1. The summed E-state index contributed by atoms with van der Waals surface area (Å²) in [5.74, 6) is 1.41. The first-order valence-corrected chi connectivity index (χ1v) is 11.9. The second-order valence-corrected chi connectivity index (χ2v) is 8.71. The van der Waals surface area contributed by atoms with E-state index in [1.807, 2.05) is 47.0 Å². The maximum atomic E-state index is 13.1. The molecule has 0 radical (unpaired) electrons. The molecule has 2 aromatic carbocycles. The van der Waals surface area contributed by atoms with Crippen molar-refractivity contribution in [2.75, 3.05) is 7.11 Å². The summed E-state index contributed by atoms with van der Waals surface area (Å²) < 4.78 is 8.52. The van der Waals surface area contributed by atoms with Crippen LogP contribution in [-0.2, 0) is 17.1 Å². The average molecular weight is 500 g/mol. The zero-order valence-electron chi connectivity index (χ0n) is 19.2. The first kappa shape index (κ1) is 23.2. The molecule has 0 saturated heterocycles. The normalized spacial score (nSPS) is 11.0. The zero-order valence-corrected chi connectivity index (χ0v) is 20.1. The highest BCUT2D eigenvalue weighted by atomic mass is 32.2. The predicted octanol–water partition coefficient (Wildman–Crippen LogP) is 2.83. The number of carbonyl (C=O) groups excluding carboxylic acids is 1. The van der Waals surface area contributed by atoms with E-state index in [-0.39, 0.29) is 17.9 Å². The van der Waals surface area contributed by atoms with Gasteiger partial charge in [0.1, 0.15) is 18.1 Å². The van der Waals surface area contributed by atoms with E-state index in [2.05, 4.69) is 20.2 Å². The van der Waals surface area contributed by atoms with Crippen LogP contribution in [0.5, 0.6) is 5.75 Å². The minimum atomic E-state index is -0.623. The Morgan fingerprint density at radius 3 is 2.50 bits per heavy atom. The van der Waals surface area contributed by atoms with Gasteiger partial charge in [-0.25, -0.2) is 4.98 Å². The van der Waals surface area contributed by atoms with Gasteiger partial charge in [-0.15, -0.1) is 10.2 Å². The lowest BCUT2D eigenvalue weighted by Gasteiger charge is -2.13. The van der Waals surface area contributed by atoms with Gasteiger partial charge in [0.25, 0.3) is 5.56 Å². The molecule has 0 saturated carbocycles. The largest absolute Gasteiger partial charge is 0.497 e. The number of ether oxygens (including phenoxy) is 1. The molecule has 2 N–H and O–H groups in total. The molecule has 1 amide bonds. The van der Waals surface area contributed by atoms with Gasteiger partial charge in [0.15, 0.2) is 11.0 Å². The number of nitrogens with two attached hydrogens (primary N) is 1. The summed E-state index contributed by atoms with van der Waals surface area (Å²) >= 11 is 1.35. The molecule has 3 heterocycles. The number of aromatic nitrogens is 6. The predicted molar refractivity (Wildman–Crippen MR) is 136 cm³/mol. The van der Waals surface area contributed by atoms with Crippen molar-refractivity contribution in [3.63, 3.8) is 0 Å². The van der Waals surface area contributed by atoms with Crippen molar-refractivity contribution in [3.8, 4) is 22.8 Å². The van der Waals surface area contributed by atoms with Crippen molar-refractivity contribution in [3.05, 3.63) is 89.2 Å². The third-order valence-corrected chi connectivity index (χ3v) is 6.41. The highest BCUT2D eigenvalue weighted by Gasteiger charge is 2.19. The van der Waals surface area contributed by atoms with Gasteiger partial charge in [-0.1, -0.05) is 23.9 Å². The minimum absolute atomic E-state index is 0.262. The number of pyridine rings is 1. The van der Waals surface area contributed by atoms with Gasteiger partial charge in [0.2, 0.25) is 5.91 Å². The number of hydrogen-bond donors (Lipinski definition) is 1. The molecule has 180 valence electrons. The van der Waals surface area contributed by atoms with Crippen molar-refractivity contribution < 1.29 is 9.53 Å². The van der Waals surface area contributed by atoms with Gasteiger partial charge in [0.05, 0.1) is 23.8 Å². The van der Waals surface area contributed by atoms with Gasteiger partial charge in [-0.3, -0.25) is 23.7 Å². The molecular formula is C25H21N7O3S. The Morgan fingerprint density at radius 2 is 1.78 bits per heavy atom. The van der Waals surface area contributed by atoms with Crippen LogP contribution in [0.25, 0.3) is 28.0 Å². The highest BCUT2D eigenvalue weighted by Crippen LogP contribution is 2.30. The van der Waals surface area contributed by atoms with Gasteiger partial charge in [-0.2, -0.15) is 0 Å². The molecule has 5 rings (SSSR count). The molecule has 0 atom stereocenters. The van der Waals surface area contributed by atoms with Gasteiger partial charge in [-0.05, 0) is 48.5 Å². The van der Waals surface area contributed by atoms with Crippen LogP contribution in [0.2, 0.25) is 0 Å². The fourth-order valence-corrected chi connectivity index (χ4v) is 4.69. The first-order chi connectivity index (χ1) is 17.5. The number of carbonyl (C=O) groups is 1. The lowest BCUT2D eigenvalue weighted by Crippen LogP contribution is -2.31. The molecule has 10 nitrogen and oxygen atoms in total. The molecule has 0 aliphatic rings. The van der Waals surface area contributed by atoms with E-state index in [9.17, 15) is 9.59 Å². The quantitative estimate of drug-likeness (QED) is 0.323. The lowest BCUT2D eigenvalue weighted by atomic mass is 10.2. The molecule has 11 heteroatoms. The Labute approximate surface area is 209 Å². The number of fused-ring (bicyclic) bond motifs is 1. The average Bonchev–Trinajstić information content (AvgIpc) is 3.33. The van der Waals surface area contributed by atoms with Crippen LogP contribution < -0.4 is 16.0 Å². The SMILES string of the molecule is COc1ccc(-n2c(SCc3nc4ccccc4c(=O)n3CC(N)=O)nnc2-c2ccncc2)cc1. The van der Waals surface area contributed by atoms with Crippen LogP contribution in [0, 0.1) is 0 Å². The Balaban J connectivity index is 1.57. The second kappa shape index (κ2) is 10.0. The van der Waals surface area contributed by atoms with Crippen molar-refractivity contribution >= 4 is 28.6 Å². The van der Waals surface area contributed by atoms with Crippen LogP contribution in [0.15, 0.2) is 83.0 Å². The number of nitrogens with zero attached hydrogens (tertiary/aromatic N) is 6. The maximum absolute atomic E-state index is 13.1. The molecule has 0 unspecified atom stereocenters. The van der Waals surface area contributed by atoms with Crippen LogP contribution in [0.4, 0.5) is 0 Å². The van der Waals surface area contributed by atoms with Gasteiger partial charge in [0, 0.05) is 23.6 Å². The summed E-state index contributed by atoms with van der Waals surface area (Å²) in [4.78, 5) is 33.5. The van der Waals surface area contributed by atoms with Gasteiger partial charge >= 0.3 is 0 Å². The molecule has 3 aromatic heterocycles. The van der Waals surface area contributed by atoms with Crippen molar-refractivity contribution in [1.82, 2.24) is 29.3 Å². The molecule has 0 aliphatic heterocycles. The topological polar surface area (TPSA) is 131 Å². The van der Waals surface area contributed by atoms with E-state index < -0.39 is 5.91 Å². The number of primary amides is 1. The lowest BCUT2D eigenvalue weighted by molar-refractivity contribution is -0.118.